The first kappa shape index (κ1) is 21.8. The zero-order valence-electron chi connectivity index (χ0n) is 16.0. The second kappa shape index (κ2) is 8.26. The van der Waals surface area contributed by atoms with Crippen molar-refractivity contribution in [3.63, 3.8) is 0 Å². The molecule has 1 amide bonds. The Morgan fingerprint density at radius 3 is 2.38 bits per heavy atom. The number of phenolic OH excluding ortho intramolecular Hbond substituents is 1. The first-order valence-corrected chi connectivity index (χ1v) is 9.95. The molecule has 1 aliphatic heterocycles. The first-order valence-electron chi connectivity index (χ1n) is 9.19. The van der Waals surface area contributed by atoms with E-state index in [-0.39, 0.29) is 32.5 Å². The van der Waals surface area contributed by atoms with Crippen molar-refractivity contribution in [1.82, 2.24) is 0 Å². The summed E-state index contributed by atoms with van der Waals surface area (Å²) in [6.45, 7) is 0. The van der Waals surface area contributed by atoms with Crippen molar-refractivity contribution < 1.29 is 28.6 Å². The molecule has 32 heavy (non-hydrogen) atoms. The van der Waals surface area contributed by atoms with Crippen LogP contribution < -0.4 is 4.90 Å². The van der Waals surface area contributed by atoms with Crippen LogP contribution >= 0.6 is 23.2 Å². The monoisotopic (exact) mass is 475 g/mol. The van der Waals surface area contributed by atoms with E-state index in [4.69, 9.17) is 23.2 Å². The highest BCUT2D eigenvalue weighted by Gasteiger charge is 2.48. The molecule has 2 N–H and O–H groups in total. The fourth-order valence-electron chi connectivity index (χ4n) is 3.56. The zero-order chi connectivity index (χ0) is 23.2. The van der Waals surface area contributed by atoms with E-state index in [0.29, 0.717) is 0 Å². The van der Waals surface area contributed by atoms with E-state index in [0.717, 1.165) is 23.1 Å². The molecule has 0 saturated carbocycles. The molecule has 1 atom stereocenters. The number of ketones is 1. The van der Waals surface area contributed by atoms with E-state index in [2.05, 4.69) is 0 Å². The summed E-state index contributed by atoms with van der Waals surface area (Å²) >= 11 is 11.9. The third-order valence-electron chi connectivity index (χ3n) is 4.99. The summed E-state index contributed by atoms with van der Waals surface area (Å²) in [7, 11) is 0. The Kier molecular flexibility index (Phi) is 5.62. The van der Waals surface area contributed by atoms with Gasteiger partial charge in [-0.3, -0.25) is 14.5 Å². The number of hydrogen-bond donors (Lipinski definition) is 2. The van der Waals surface area contributed by atoms with E-state index in [1.807, 2.05) is 0 Å². The van der Waals surface area contributed by atoms with Crippen LogP contribution in [0, 0.1) is 11.6 Å². The van der Waals surface area contributed by atoms with Crippen LogP contribution in [0.2, 0.25) is 10.0 Å². The summed E-state index contributed by atoms with van der Waals surface area (Å²) in [5, 5.41) is 21.2. The average molecular weight is 476 g/mol. The number of aliphatic hydroxyl groups is 1. The predicted octanol–water partition coefficient (Wildman–Crippen LogP) is 5.60. The third kappa shape index (κ3) is 3.70. The van der Waals surface area contributed by atoms with Crippen molar-refractivity contribution in [2.24, 2.45) is 0 Å². The lowest BCUT2D eigenvalue weighted by Gasteiger charge is -2.26. The number of Topliss-reactive ketones (excluding diaryl/α,β-unsaturated/α-hetero) is 1. The average Bonchev–Trinajstić information content (AvgIpc) is 3.02. The van der Waals surface area contributed by atoms with Gasteiger partial charge in [-0.1, -0.05) is 35.3 Å². The molecule has 1 saturated heterocycles. The van der Waals surface area contributed by atoms with Gasteiger partial charge in [0.2, 0.25) is 0 Å². The lowest BCUT2D eigenvalue weighted by atomic mass is 9.95. The minimum Gasteiger partial charge on any atom is -0.508 e. The maximum atomic E-state index is 14.6. The number of phenols is 1. The minimum atomic E-state index is -1.35. The molecule has 0 aliphatic carbocycles. The molecule has 3 aromatic carbocycles. The van der Waals surface area contributed by atoms with E-state index in [1.165, 1.54) is 42.5 Å². The molecule has 1 fully saturated rings. The second-order valence-electron chi connectivity index (χ2n) is 6.99. The summed E-state index contributed by atoms with van der Waals surface area (Å²) < 4.78 is 28.5. The Bertz CT molecular complexity index is 1310. The molecular weight excluding hydrogens is 463 g/mol. The number of benzene rings is 3. The van der Waals surface area contributed by atoms with Crippen LogP contribution in [0.5, 0.6) is 5.75 Å². The fourth-order valence-corrected chi connectivity index (χ4v) is 3.86. The highest BCUT2D eigenvalue weighted by molar-refractivity contribution is 6.51. The molecule has 1 aliphatic rings. The van der Waals surface area contributed by atoms with Gasteiger partial charge in [0.15, 0.2) is 0 Å². The summed E-state index contributed by atoms with van der Waals surface area (Å²) in [4.78, 5) is 26.7. The Morgan fingerprint density at radius 2 is 1.69 bits per heavy atom. The van der Waals surface area contributed by atoms with Crippen LogP contribution in [0.15, 0.2) is 66.2 Å². The maximum absolute atomic E-state index is 14.6. The number of carbonyl (C=O) groups is 2. The Hall–Kier alpha value is -3.42. The van der Waals surface area contributed by atoms with Crippen molar-refractivity contribution in [1.29, 1.82) is 0 Å². The van der Waals surface area contributed by atoms with Crippen LogP contribution in [-0.2, 0) is 9.59 Å². The number of amides is 1. The quantitative estimate of drug-likeness (QED) is 0.293. The van der Waals surface area contributed by atoms with Crippen LogP contribution in [-0.4, -0.2) is 21.9 Å². The molecule has 0 bridgehead atoms. The largest absolute Gasteiger partial charge is 0.508 e. The molecule has 0 radical (unpaired) electrons. The van der Waals surface area contributed by atoms with Crippen LogP contribution in [0.25, 0.3) is 5.76 Å². The number of carbonyl (C=O) groups excluding carboxylic acids is 2. The van der Waals surface area contributed by atoms with Crippen molar-refractivity contribution in [2.45, 2.75) is 6.04 Å². The molecule has 3 aromatic rings. The maximum Gasteiger partial charge on any atom is 0.300 e. The van der Waals surface area contributed by atoms with Gasteiger partial charge < -0.3 is 10.2 Å². The number of aromatic hydroxyl groups is 1. The molecule has 0 spiro atoms. The van der Waals surface area contributed by atoms with Gasteiger partial charge in [0.1, 0.15) is 23.1 Å². The van der Waals surface area contributed by atoms with Crippen LogP contribution in [0.1, 0.15) is 17.2 Å². The minimum absolute atomic E-state index is 0.0854. The van der Waals surface area contributed by atoms with E-state index in [9.17, 15) is 28.6 Å². The number of aliphatic hydroxyl groups excluding tert-OH is 1. The van der Waals surface area contributed by atoms with Gasteiger partial charge >= 0.3 is 0 Å². The van der Waals surface area contributed by atoms with E-state index in [1.54, 1.807) is 0 Å². The molecular formula is C23H13Cl2F2NO4. The summed E-state index contributed by atoms with van der Waals surface area (Å²) in [6.07, 6.45) is 0. The molecule has 1 unspecified atom stereocenters. The Labute approximate surface area is 190 Å². The van der Waals surface area contributed by atoms with Crippen molar-refractivity contribution in [3.05, 3.63) is 99.0 Å². The lowest BCUT2D eigenvalue weighted by Crippen LogP contribution is -2.30. The molecule has 162 valence electrons. The number of hydrogen-bond acceptors (Lipinski definition) is 4. The number of anilines is 1. The molecule has 9 heteroatoms. The summed E-state index contributed by atoms with van der Waals surface area (Å²) in [6, 6.07) is 10.7. The lowest BCUT2D eigenvalue weighted by molar-refractivity contribution is -0.132. The SMILES string of the molecule is O=C1C(=O)N(c2cc(F)ccc2F)C(c2cccc(O)c2)/C1=C(\O)c1ccc(Cl)c(Cl)c1. The van der Waals surface area contributed by atoms with Crippen molar-refractivity contribution >= 4 is 46.3 Å². The highest BCUT2D eigenvalue weighted by Crippen LogP contribution is 2.44. The topological polar surface area (TPSA) is 77.8 Å². The van der Waals surface area contributed by atoms with Gasteiger partial charge in [0.25, 0.3) is 11.7 Å². The van der Waals surface area contributed by atoms with E-state index >= 15 is 0 Å². The van der Waals surface area contributed by atoms with Gasteiger partial charge in [0.05, 0.1) is 27.3 Å². The molecule has 1 heterocycles. The predicted molar refractivity (Wildman–Crippen MR) is 116 cm³/mol. The summed E-state index contributed by atoms with van der Waals surface area (Å²) in [5.74, 6) is -4.86. The Morgan fingerprint density at radius 1 is 0.938 bits per heavy atom. The molecule has 4 rings (SSSR count). The highest BCUT2D eigenvalue weighted by atomic mass is 35.5. The second-order valence-corrected chi connectivity index (χ2v) is 7.80. The standard InChI is InChI=1S/C23H13Cl2F2NO4/c24-15-6-4-12(9-16(15)25)21(30)19-20(11-2-1-3-14(29)8-11)28(23(32)22(19)31)18-10-13(26)5-7-17(18)27/h1-10,20,29-30H/b21-19+. The van der Waals surface area contributed by atoms with Gasteiger partial charge in [0, 0.05) is 11.6 Å². The molecule has 0 aromatic heterocycles. The number of nitrogens with zero attached hydrogens (tertiary/aromatic N) is 1. The Balaban J connectivity index is 2.00. The van der Waals surface area contributed by atoms with Crippen molar-refractivity contribution in [3.8, 4) is 5.75 Å². The first-order chi connectivity index (χ1) is 15.2. The smallest absolute Gasteiger partial charge is 0.300 e. The van der Waals surface area contributed by atoms with Gasteiger partial charge in [-0.2, -0.15) is 0 Å². The normalized spacial score (nSPS) is 17.8. The van der Waals surface area contributed by atoms with Crippen molar-refractivity contribution in [2.75, 3.05) is 4.90 Å². The zero-order valence-corrected chi connectivity index (χ0v) is 17.5. The van der Waals surface area contributed by atoms with Gasteiger partial charge in [-0.15, -0.1) is 0 Å². The van der Waals surface area contributed by atoms with Crippen LogP contribution in [0.4, 0.5) is 14.5 Å². The third-order valence-corrected chi connectivity index (χ3v) is 5.73. The summed E-state index contributed by atoms with van der Waals surface area (Å²) in [5.41, 5.74) is -0.604. The van der Waals surface area contributed by atoms with Gasteiger partial charge in [-0.05, 0) is 48.0 Å². The number of rotatable bonds is 3. The molecule has 5 nitrogen and oxygen atoms in total. The van der Waals surface area contributed by atoms with Gasteiger partial charge in [-0.25, -0.2) is 8.78 Å². The number of halogens is 4. The van der Waals surface area contributed by atoms with Crippen LogP contribution in [0.3, 0.4) is 0 Å². The van der Waals surface area contributed by atoms with E-state index < -0.39 is 40.8 Å². The fraction of sp³-hybridized carbons (Fsp3) is 0.0435.